The molecule has 18 heteroatoms. The first kappa shape index (κ1) is 47.4. The maximum Gasteiger partial charge on any atom is 0.275 e. The zero-order valence-corrected chi connectivity index (χ0v) is 40.0. The summed E-state index contributed by atoms with van der Waals surface area (Å²) in [6, 6.07) is 34.0. The molecule has 0 N–H and O–H groups in total. The van der Waals surface area contributed by atoms with Crippen LogP contribution < -0.4 is 30.4 Å². The topological polar surface area (TPSA) is 181 Å². The predicted molar refractivity (Wildman–Crippen MR) is 270 cm³/mol. The molecule has 0 unspecified atom stereocenters. The van der Waals surface area contributed by atoms with Gasteiger partial charge in [-0.1, -0.05) is 35.9 Å². The summed E-state index contributed by atoms with van der Waals surface area (Å²) < 4.78 is 38.3. The van der Waals surface area contributed by atoms with E-state index in [1.54, 1.807) is 125 Å². The molecule has 10 rings (SSSR count). The summed E-state index contributed by atoms with van der Waals surface area (Å²) in [5.74, 6) is 0.995. The van der Waals surface area contributed by atoms with E-state index in [1.807, 2.05) is 19.1 Å². The van der Waals surface area contributed by atoms with Crippen molar-refractivity contribution in [1.82, 2.24) is 29.5 Å². The van der Waals surface area contributed by atoms with Gasteiger partial charge in [0.1, 0.15) is 41.4 Å². The Morgan fingerprint density at radius 3 is 1.62 bits per heavy atom. The first-order valence-electron chi connectivity index (χ1n) is 22.2. The zero-order valence-electron chi connectivity index (χ0n) is 39.3. The van der Waals surface area contributed by atoms with Crippen LogP contribution in [0.15, 0.2) is 140 Å². The molecule has 71 heavy (non-hydrogen) atoms. The summed E-state index contributed by atoms with van der Waals surface area (Å²) in [5, 5.41) is 11.5. The van der Waals surface area contributed by atoms with Crippen molar-refractivity contribution in [3.05, 3.63) is 165 Å². The molecule has 0 aliphatic heterocycles. The molecule has 0 saturated heterocycles. The second-order valence-corrected chi connectivity index (χ2v) is 16.8. The Kier molecular flexibility index (Phi) is 13.2. The van der Waals surface area contributed by atoms with Gasteiger partial charge in [-0.2, -0.15) is 10.2 Å². The number of nitrogens with zero attached hydrogens (tertiary/aromatic N) is 8. The molecule has 358 valence electrons. The lowest BCUT2D eigenvalue weighted by molar-refractivity contribution is -0.119. The highest BCUT2D eigenvalue weighted by Gasteiger charge is 2.21. The first-order valence-corrected chi connectivity index (χ1v) is 22.6. The second kappa shape index (κ2) is 19.7. The van der Waals surface area contributed by atoms with E-state index in [4.69, 9.17) is 29.9 Å². The number of benzene rings is 6. The summed E-state index contributed by atoms with van der Waals surface area (Å²) >= 11 is 6.21. The van der Waals surface area contributed by atoms with Gasteiger partial charge in [0, 0.05) is 78.4 Å². The summed E-state index contributed by atoms with van der Waals surface area (Å²) in [5.41, 5.74) is 5.04. The van der Waals surface area contributed by atoms with Crippen molar-refractivity contribution in [2.75, 3.05) is 37.6 Å². The molecule has 0 atom stereocenters. The maximum atomic E-state index is 14.0. The van der Waals surface area contributed by atoms with E-state index in [1.165, 1.54) is 33.7 Å². The summed E-state index contributed by atoms with van der Waals surface area (Å²) in [7, 11) is 4.78. The molecule has 0 spiro atoms. The number of carbonyl (C=O) groups excluding carboxylic acids is 2. The largest absolute Gasteiger partial charge is 0.497 e. The molecule has 6 aromatic carbocycles. The van der Waals surface area contributed by atoms with E-state index >= 15 is 0 Å². The van der Waals surface area contributed by atoms with Crippen LogP contribution in [0.5, 0.6) is 11.5 Å². The molecule has 16 nitrogen and oxygen atoms in total. The molecule has 0 radical (unpaired) electrons. The van der Waals surface area contributed by atoms with Gasteiger partial charge in [-0.25, -0.2) is 23.7 Å². The Balaban J connectivity index is 0.000000176. The normalized spacial score (nSPS) is 11.2. The van der Waals surface area contributed by atoms with Crippen LogP contribution in [0.1, 0.15) is 18.7 Å². The van der Waals surface area contributed by atoms with Crippen molar-refractivity contribution in [2.24, 2.45) is 0 Å². The standard InChI is InChI=1S/C27H23FN4O4.C26H21ClN4O4/c1-4-35-20-9-10-21-22(14-20)27(34)32(30-26(21)17-6-5-7-18(28)12-17)15-25(33)31(3)19-8-11-23-24(13-19)36-16(2)29-23;1-15-28-22-10-7-18(12-23(22)35-15)30(2)24(32)14-31-26(33)21-13-19(34-3)8-9-20(21)25(29-31)16-5-4-6-17(27)11-16/h5-14H,4,15H2,1-3H3;4-13H,14H2,1-3H3. The number of halogens is 2. The number of aryl methyl sites for hydroxylation is 2. The van der Waals surface area contributed by atoms with Crippen LogP contribution in [0.25, 0.3) is 66.3 Å². The summed E-state index contributed by atoms with van der Waals surface area (Å²) in [6.45, 7) is 5.21. The number of hydrogen-bond donors (Lipinski definition) is 0. The molecule has 4 heterocycles. The van der Waals surface area contributed by atoms with E-state index in [9.17, 15) is 23.6 Å². The zero-order chi connectivity index (χ0) is 50.1. The molecule has 10 aromatic rings. The molecule has 4 aromatic heterocycles. The van der Waals surface area contributed by atoms with Crippen molar-refractivity contribution < 1.29 is 32.3 Å². The fourth-order valence-electron chi connectivity index (χ4n) is 8.06. The van der Waals surface area contributed by atoms with Gasteiger partial charge in [0.05, 0.1) is 35.9 Å². The van der Waals surface area contributed by atoms with Gasteiger partial charge in [-0.15, -0.1) is 0 Å². The van der Waals surface area contributed by atoms with Crippen molar-refractivity contribution in [3.63, 3.8) is 0 Å². The van der Waals surface area contributed by atoms with Crippen LogP contribution in [0.2, 0.25) is 5.02 Å². The van der Waals surface area contributed by atoms with E-state index in [0.717, 1.165) is 10.2 Å². The lowest BCUT2D eigenvalue weighted by atomic mass is 10.0. The Bertz CT molecular complexity index is 3830. The van der Waals surface area contributed by atoms with Crippen LogP contribution in [0.3, 0.4) is 0 Å². The minimum atomic E-state index is -0.449. The number of fused-ring (bicyclic) bond motifs is 4. The molecular weight excluding hydrogens is 931 g/mol. The highest BCUT2D eigenvalue weighted by Crippen LogP contribution is 2.31. The Labute approximate surface area is 409 Å². The quantitative estimate of drug-likeness (QED) is 0.120. The van der Waals surface area contributed by atoms with Crippen molar-refractivity contribution in [2.45, 2.75) is 33.9 Å². The van der Waals surface area contributed by atoms with Gasteiger partial charge in [0.25, 0.3) is 11.1 Å². The smallest absolute Gasteiger partial charge is 0.275 e. The second-order valence-electron chi connectivity index (χ2n) is 16.4. The SMILES string of the molecule is CCOc1ccc2c(-c3cccc(F)c3)nn(CC(=O)N(C)c3ccc4nc(C)oc4c3)c(=O)c2c1.COc1ccc2c(-c3cccc(Cl)c3)nn(CC(=O)N(C)c3ccc4nc(C)oc4c3)c(=O)c2c1. The van der Waals surface area contributed by atoms with Crippen LogP contribution >= 0.6 is 11.6 Å². The lowest BCUT2D eigenvalue weighted by Crippen LogP contribution is -2.35. The number of methoxy groups -OCH3 is 1. The van der Waals surface area contributed by atoms with Gasteiger partial charge in [0.15, 0.2) is 22.9 Å². The average Bonchev–Trinajstić information content (AvgIpc) is 3.94. The highest BCUT2D eigenvalue weighted by atomic mass is 35.5. The minimum absolute atomic E-state index is 0.260. The molecule has 0 aliphatic rings. The Morgan fingerprint density at radius 2 is 1.13 bits per heavy atom. The number of likely N-dealkylation sites (N-methyl/N-ethyl adjacent to an activating group) is 2. The number of aromatic nitrogens is 6. The van der Waals surface area contributed by atoms with E-state index in [0.29, 0.717) is 107 Å². The van der Waals surface area contributed by atoms with Gasteiger partial charge in [-0.05, 0) is 91.9 Å². The van der Waals surface area contributed by atoms with Crippen LogP contribution in [-0.2, 0) is 22.7 Å². The van der Waals surface area contributed by atoms with Gasteiger partial charge in [-0.3, -0.25) is 19.2 Å². The molecule has 0 aliphatic carbocycles. The van der Waals surface area contributed by atoms with Crippen LogP contribution in [-0.4, -0.2) is 69.2 Å². The fourth-order valence-corrected chi connectivity index (χ4v) is 8.25. The monoisotopic (exact) mass is 974 g/mol. The van der Waals surface area contributed by atoms with Gasteiger partial charge < -0.3 is 28.1 Å². The molecule has 2 amide bonds. The number of ether oxygens (including phenoxy) is 2. The van der Waals surface area contributed by atoms with Crippen LogP contribution in [0.4, 0.5) is 15.8 Å². The number of oxazole rings is 2. The summed E-state index contributed by atoms with van der Waals surface area (Å²) in [4.78, 5) is 64.6. The third-order valence-electron chi connectivity index (χ3n) is 11.7. The molecular formula is C53H44ClFN8O8. The van der Waals surface area contributed by atoms with E-state index in [2.05, 4.69) is 20.2 Å². The Hall–Kier alpha value is -8.70. The predicted octanol–water partition coefficient (Wildman–Crippen LogP) is 9.55. The summed E-state index contributed by atoms with van der Waals surface area (Å²) in [6.07, 6.45) is 0. The van der Waals surface area contributed by atoms with Gasteiger partial charge >= 0.3 is 0 Å². The number of anilines is 2. The molecule has 0 fully saturated rings. The van der Waals surface area contributed by atoms with Crippen LogP contribution in [0, 0.1) is 19.7 Å². The Morgan fingerprint density at radius 1 is 0.634 bits per heavy atom. The third kappa shape index (κ3) is 9.80. The number of amides is 2. The van der Waals surface area contributed by atoms with Crippen molar-refractivity contribution in [1.29, 1.82) is 0 Å². The number of rotatable bonds is 11. The first-order chi connectivity index (χ1) is 34.2. The minimum Gasteiger partial charge on any atom is -0.497 e. The number of carbonyl (C=O) groups is 2. The highest BCUT2D eigenvalue weighted by molar-refractivity contribution is 6.30. The molecule has 0 saturated carbocycles. The average molecular weight is 975 g/mol. The number of hydrogen-bond acceptors (Lipinski definition) is 12. The maximum absolute atomic E-state index is 14.0. The van der Waals surface area contributed by atoms with E-state index < -0.39 is 16.9 Å². The molecule has 0 bridgehead atoms. The van der Waals surface area contributed by atoms with E-state index in [-0.39, 0.29) is 24.9 Å². The van der Waals surface area contributed by atoms with Gasteiger partial charge in [0.2, 0.25) is 11.8 Å². The third-order valence-corrected chi connectivity index (χ3v) is 11.9. The lowest BCUT2D eigenvalue weighted by Gasteiger charge is -2.18. The van der Waals surface area contributed by atoms with Crippen molar-refractivity contribution in [3.8, 4) is 34.0 Å². The van der Waals surface area contributed by atoms with Crippen molar-refractivity contribution >= 4 is 78.5 Å². The fraction of sp³-hybridized carbons (Fsp3) is 0.170.